The van der Waals surface area contributed by atoms with Crippen molar-refractivity contribution in [1.82, 2.24) is 15.0 Å². The van der Waals surface area contributed by atoms with Gasteiger partial charge in [-0.3, -0.25) is 14.2 Å². The van der Waals surface area contributed by atoms with Crippen LogP contribution in [0.15, 0.2) is 81.8 Å². The number of carbonyl (C=O) groups is 1. The number of rotatable bonds is 8. The molecule has 0 bridgehead atoms. The Morgan fingerprint density at radius 2 is 1.83 bits per heavy atom. The molecule has 0 radical (unpaired) electrons. The van der Waals surface area contributed by atoms with Crippen molar-refractivity contribution in [2.45, 2.75) is 5.16 Å². The van der Waals surface area contributed by atoms with E-state index in [2.05, 4.69) is 15.5 Å². The lowest BCUT2D eigenvalue weighted by atomic mass is 10.2. The molecule has 0 atom stereocenters. The summed E-state index contributed by atoms with van der Waals surface area (Å²) in [4.78, 5) is 30.3. The number of halogens is 1. The van der Waals surface area contributed by atoms with Crippen LogP contribution in [0.5, 0.6) is 11.5 Å². The maximum Gasteiger partial charge on any atom is 0.266 e. The van der Waals surface area contributed by atoms with Crippen LogP contribution in [0.4, 0.5) is 0 Å². The van der Waals surface area contributed by atoms with Gasteiger partial charge in [0.05, 0.1) is 42.8 Å². The Labute approximate surface area is 210 Å². The van der Waals surface area contributed by atoms with E-state index in [-0.39, 0.29) is 17.2 Å². The number of ether oxygens (including phenoxy) is 2. The zero-order chi connectivity index (χ0) is 24.8. The molecule has 0 aliphatic carbocycles. The molecule has 35 heavy (non-hydrogen) atoms. The van der Waals surface area contributed by atoms with E-state index in [0.717, 1.165) is 17.3 Å². The van der Waals surface area contributed by atoms with E-state index < -0.39 is 0 Å². The molecular weight excluding hydrogens is 488 g/mol. The quantitative estimate of drug-likeness (QED) is 0.165. The first-order valence-electron chi connectivity index (χ1n) is 10.4. The van der Waals surface area contributed by atoms with E-state index in [1.54, 1.807) is 74.9 Å². The fraction of sp³-hybridized carbons (Fsp3) is 0.120. The molecule has 3 aromatic carbocycles. The molecule has 0 fully saturated rings. The number of hydrogen-bond acceptors (Lipinski definition) is 7. The summed E-state index contributed by atoms with van der Waals surface area (Å²) in [5.74, 6) is 0.805. The molecule has 0 unspecified atom stereocenters. The zero-order valence-corrected chi connectivity index (χ0v) is 20.5. The molecule has 0 saturated heterocycles. The summed E-state index contributed by atoms with van der Waals surface area (Å²) in [5.41, 5.74) is 4.14. The molecule has 1 heterocycles. The molecule has 4 aromatic rings. The van der Waals surface area contributed by atoms with Crippen LogP contribution in [0, 0.1) is 0 Å². The first-order chi connectivity index (χ1) is 17.0. The number of hydrazone groups is 1. The topological polar surface area (TPSA) is 94.8 Å². The standard InChI is InChI=1S/C25H21ClN4O4S/c1-33-21-12-7-16(13-22(21)34-2)14-27-29-23(31)15-35-25-28-20-6-4-3-5-19(20)24(32)30(25)18-10-8-17(26)9-11-18/h3-14H,15H2,1-2H3,(H,29,31)/b27-14+. The highest BCUT2D eigenvalue weighted by Gasteiger charge is 2.15. The third-order valence-electron chi connectivity index (χ3n) is 4.97. The highest BCUT2D eigenvalue weighted by Crippen LogP contribution is 2.27. The maximum absolute atomic E-state index is 13.2. The number of fused-ring (bicyclic) bond motifs is 1. The van der Waals surface area contributed by atoms with E-state index in [0.29, 0.717) is 38.3 Å². The average Bonchev–Trinajstić information content (AvgIpc) is 2.88. The molecule has 0 aliphatic rings. The van der Waals surface area contributed by atoms with Gasteiger partial charge in [0.2, 0.25) is 0 Å². The van der Waals surface area contributed by atoms with Crippen molar-refractivity contribution >= 4 is 46.4 Å². The number of hydrogen-bond donors (Lipinski definition) is 1. The summed E-state index contributed by atoms with van der Waals surface area (Å²) in [6.45, 7) is 0. The number of benzene rings is 3. The van der Waals surface area contributed by atoms with Crippen LogP contribution < -0.4 is 20.5 Å². The van der Waals surface area contributed by atoms with Gasteiger partial charge in [0.1, 0.15) is 0 Å². The fourth-order valence-electron chi connectivity index (χ4n) is 3.30. The number of carbonyl (C=O) groups excluding carboxylic acids is 1. The minimum absolute atomic E-state index is 0.00163. The molecule has 1 amide bonds. The Morgan fingerprint density at radius 3 is 2.57 bits per heavy atom. The van der Waals surface area contributed by atoms with E-state index in [1.165, 1.54) is 10.8 Å². The Hall–Kier alpha value is -3.82. The lowest BCUT2D eigenvalue weighted by Crippen LogP contribution is -2.24. The molecule has 178 valence electrons. The lowest BCUT2D eigenvalue weighted by molar-refractivity contribution is -0.118. The van der Waals surface area contributed by atoms with Crippen molar-refractivity contribution in [3.63, 3.8) is 0 Å². The second-order valence-corrected chi connectivity index (χ2v) is 8.60. The predicted octanol–water partition coefficient (Wildman–Crippen LogP) is 4.30. The first kappa shape index (κ1) is 24.3. The van der Waals surface area contributed by atoms with Gasteiger partial charge in [-0.15, -0.1) is 0 Å². The summed E-state index contributed by atoms with van der Waals surface area (Å²) in [5, 5.41) is 5.42. The van der Waals surface area contributed by atoms with Gasteiger partial charge >= 0.3 is 0 Å². The summed E-state index contributed by atoms with van der Waals surface area (Å²) in [6, 6.07) is 19.2. The molecule has 0 aliphatic heterocycles. The minimum Gasteiger partial charge on any atom is -0.493 e. The largest absolute Gasteiger partial charge is 0.493 e. The van der Waals surface area contributed by atoms with Gasteiger partial charge in [0.15, 0.2) is 16.7 Å². The lowest BCUT2D eigenvalue weighted by Gasteiger charge is -2.13. The normalized spacial score (nSPS) is 11.1. The number of thioether (sulfide) groups is 1. The zero-order valence-electron chi connectivity index (χ0n) is 18.9. The molecule has 1 aromatic heterocycles. The molecule has 4 rings (SSSR count). The van der Waals surface area contributed by atoms with E-state index in [4.69, 9.17) is 21.1 Å². The fourth-order valence-corrected chi connectivity index (χ4v) is 4.23. The van der Waals surface area contributed by atoms with Gasteiger partial charge in [0, 0.05) is 5.02 Å². The van der Waals surface area contributed by atoms with Gasteiger partial charge in [-0.1, -0.05) is 35.5 Å². The Balaban J connectivity index is 1.52. The van der Waals surface area contributed by atoms with Crippen LogP contribution >= 0.6 is 23.4 Å². The van der Waals surface area contributed by atoms with Crippen LogP contribution in [-0.4, -0.2) is 41.6 Å². The second kappa shape index (κ2) is 11.1. The van der Waals surface area contributed by atoms with Crippen LogP contribution in [0.3, 0.4) is 0 Å². The highest BCUT2D eigenvalue weighted by molar-refractivity contribution is 7.99. The third kappa shape index (κ3) is 5.64. The molecule has 0 saturated carbocycles. The summed E-state index contributed by atoms with van der Waals surface area (Å²) in [7, 11) is 3.10. The number of para-hydroxylation sites is 1. The van der Waals surface area contributed by atoms with Crippen LogP contribution in [0.25, 0.3) is 16.6 Å². The molecule has 0 spiro atoms. The Bertz CT molecular complexity index is 1450. The van der Waals surface area contributed by atoms with Gasteiger partial charge < -0.3 is 9.47 Å². The smallest absolute Gasteiger partial charge is 0.266 e. The SMILES string of the molecule is COc1ccc(/C=N/NC(=O)CSc2nc3ccccc3c(=O)n2-c2ccc(Cl)cc2)cc1OC. The van der Waals surface area contributed by atoms with Crippen LogP contribution in [0.1, 0.15) is 5.56 Å². The van der Waals surface area contributed by atoms with Crippen LogP contribution in [-0.2, 0) is 4.79 Å². The van der Waals surface area contributed by atoms with Gasteiger partial charge in [0.25, 0.3) is 11.5 Å². The molecule has 8 nitrogen and oxygen atoms in total. The number of nitrogens with one attached hydrogen (secondary N) is 1. The number of nitrogens with zero attached hydrogens (tertiary/aromatic N) is 3. The summed E-state index contributed by atoms with van der Waals surface area (Å²) >= 11 is 7.15. The van der Waals surface area contributed by atoms with Crippen molar-refractivity contribution in [3.05, 3.63) is 87.7 Å². The summed E-state index contributed by atoms with van der Waals surface area (Å²) < 4.78 is 12.0. The predicted molar refractivity (Wildman–Crippen MR) is 138 cm³/mol. The summed E-state index contributed by atoms with van der Waals surface area (Å²) in [6.07, 6.45) is 1.50. The Morgan fingerprint density at radius 1 is 1.09 bits per heavy atom. The van der Waals surface area contributed by atoms with Crippen molar-refractivity contribution in [2.24, 2.45) is 5.10 Å². The second-order valence-electron chi connectivity index (χ2n) is 7.22. The average molecular weight is 509 g/mol. The van der Waals surface area contributed by atoms with E-state index in [1.807, 2.05) is 6.07 Å². The number of amides is 1. The number of aromatic nitrogens is 2. The highest BCUT2D eigenvalue weighted by atomic mass is 35.5. The van der Waals surface area contributed by atoms with Crippen LogP contribution in [0.2, 0.25) is 5.02 Å². The molecule has 1 N–H and O–H groups in total. The van der Waals surface area contributed by atoms with E-state index in [9.17, 15) is 9.59 Å². The van der Waals surface area contributed by atoms with Crippen molar-refractivity contribution in [3.8, 4) is 17.2 Å². The van der Waals surface area contributed by atoms with Gasteiger partial charge in [-0.2, -0.15) is 5.10 Å². The molecule has 10 heteroatoms. The Kier molecular flexibility index (Phi) is 7.69. The van der Waals surface area contributed by atoms with E-state index >= 15 is 0 Å². The third-order valence-corrected chi connectivity index (χ3v) is 6.16. The van der Waals surface area contributed by atoms with Crippen molar-refractivity contribution in [2.75, 3.05) is 20.0 Å². The minimum atomic E-state index is -0.350. The van der Waals surface area contributed by atoms with Crippen molar-refractivity contribution in [1.29, 1.82) is 0 Å². The molecular formula is C25H21ClN4O4S. The van der Waals surface area contributed by atoms with Gasteiger partial charge in [-0.25, -0.2) is 10.4 Å². The number of methoxy groups -OCH3 is 2. The monoisotopic (exact) mass is 508 g/mol. The first-order valence-corrected chi connectivity index (χ1v) is 11.8. The van der Waals surface area contributed by atoms with Gasteiger partial charge in [-0.05, 0) is 60.2 Å². The maximum atomic E-state index is 13.2. The van der Waals surface area contributed by atoms with Crippen molar-refractivity contribution < 1.29 is 14.3 Å².